The van der Waals surface area contributed by atoms with Crippen LogP contribution in [0.15, 0.2) is 53.6 Å². The lowest BCUT2D eigenvalue weighted by Crippen LogP contribution is -2.18. The van der Waals surface area contributed by atoms with Gasteiger partial charge >= 0.3 is 0 Å². The highest BCUT2D eigenvalue weighted by Crippen LogP contribution is 2.26. The average molecular weight is 406 g/mol. The molecule has 3 aromatic rings. The van der Waals surface area contributed by atoms with Gasteiger partial charge in [0.1, 0.15) is 5.69 Å². The van der Waals surface area contributed by atoms with E-state index in [0.717, 1.165) is 17.5 Å². The summed E-state index contributed by atoms with van der Waals surface area (Å²) in [6.07, 6.45) is 2.57. The van der Waals surface area contributed by atoms with Gasteiger partial charge in [0, 0.05) is 5.56 Å². The van der Waals surface area contributed by atoms with Gasteiger partial charge in [0.2, 0.25) is 0 Å². The van der Waals surface area contributed by atoms with E-state index in [4.69, 9.17) is 9.47 Å². The Morgan fingerprint density at radius 2 is 1.83 bits per heavy atom. The molecule has 0 saturated carbocycles. The number of aromatic nitrogens is 2. The standard InChI is InChI=1S/C23H26N4O3/c1-15(2)11-16-5-8-18(9-6-16)19-13-20(26-25-19)23(28)27-24-14-17-7-10-21(29-3)22(12-17)30-4/h5-10,12-15H,11H2,1-4H3,(H,25,26)(H,27,28). The van der Waals surface area contributed by atoms with E-state index in [0.29, 0.717) is 28.8 Å². The van der Waals surface area contributed by atoms with E-state index < -0.39 is 0 Å². The maximum Gasteiger partial charge on any atom is 0.289 e. The molecule has 0 spiro atoms. The molecule has 1 heterocycles. The lowest BCUT2D eigenvalue weighted by atomic mass is 10.0. The molecule has 2 aromatic carbocycles. The molecule has 30 heavy (non-hydrogen) atoms. The fraction of sp³-hybridized carbons (Fsp3) is 0.261. The number of ether oxygens (including phenoxy) is 2. The molecule has 1 amide bonds. The van der Waals surface area contributed by atoms with E-state index in [2.05, 4.69) is 46.7 Å². The van der Waals surface area contributed by atoms with Crippen molar-refractivity contribution in [3.05, 3.63) is 65.4 Å². The number of benzene rings is 2. The summed E-state index contributed by atoms with van der Waals surface area (Å²) in [5, 5.41) is 11.0. The van der Waals surface area contributed by atoms with Gasteiger partial charge in [-0.3, -0.25) is 9.89 Å². The quantitative estimate of drug-likeness (QED) is 0.436. The summed E-state index contributed by atoms with van der Waals surface area (Å²) in [5.74, 6) is 1.45. The van der Waals surface area contributed by atoms with Crippen LogP contribution in [-0.4, -0.2) is 36.5 Å². The van der Waals surface area contributed by atoms with Crippen molar-refractivity contribution >= 4 is 12.1 Å². The average Bonchev–Trinajstić information content (AvgIpc) is 3.24. The number of hydrazone groups is 1. The van der Waals surface area contributed by atoms with Crippen LogP contribution >= 0.6 is 0 Å². The SMILES string of the molecule is COc1ccc(C=NNC(=O)c2cc(-c3ccc(CC(C)C)cc3)n[nH]2)cc1OC. The van der Waals surface area contributed by atoms with Crippen molar-refractivity contribution in [2.75, 3.05) is 14.2 Å². The number of nitrogens with one attached hydrogen (secondary N) is 2. The van der Waals surface area contributed by atoms with E-state index in [1.54, 1.807) is 32.4 Å². The molecule has 7 nitrogen and oxygen atoms in total. The van der Waals surface area contributed by atoms with Crippen LogP contribution in [0.5, 0.6) is 11.5 Å². The third kappa shape index (κ3) is 5.26. The predicted molar refractivity (Wildman–Crippen MR) is 117 cm³/mol. The zero-order valence-electron chi connectivity index (χ0n) is 17.6. The molecule has 0 aliphatic carbocycles. The molecule has 0 saturated heterocycles. The van der Waals surface area contributed by atoms with Crippen molar-refractivity contribution in [2.24, 2.45) is 11.0 Å². The molecule has 0 bridgehead atoms. The van der Waals surface area contributed by atoms with Crippen molar-refractivity contribution in [2.45, 2.75) is 20.3 Å². The van der Waals surface area contributed by atoms with Crippen LogP contribution in [0.2, 0.25) is 0 Å². The zero-order valence-corrected chi connectivity index (χ0v) is 17.6. The normalized spacial score (nSPS) is 11.1. The van der Waals surface area contributed by atoms with Crippen molar-refractivity contribution in [3.8, 4) is 22.8 Å². The molecule has 0 aliphatic rings. The largest absolute Gasteiger partial charge is 0.493 e. The topological polar surface area (TPSA) is 88.6 Å². The fourth-order valence-corrected chi connectivity index (χ4v) is 3.03. The van der Waals surface area contributed by atoms with Gasteiger partial charge in [-0.05, 0) is 47.7 Å². The third-order valence-corrected chi connectivity index (χ3v) is 4.50. The molecular formula is C23H26N4O3. The van der Waals surface area contributed by atoms with Crippen molar-refractivity contribution in [3.63, 3.8) is 0 Å². The predicted octanol–water partition coefficient (Wildman–Crippen LogP) is 4.06. The van der Waals surface area contributed by atoms with Gasteiger partial charge in [-0.2, -0.15) is 10.2 Å². The van der Waals surface area contributed by atoms with Crippen LogP contribution < -0.4 is 14.9 Å². The van der Waals surface area contributed by atoms with Gasteiger partial charge in [0.05, 0.1) is 26.1 Å². The number of aromatic amines is 1. The van der Waals surface area contributed by atoms with Crippen LogP contribution in [-0.2, 0) is 6.42 Å². The van der Waals surface area contributed by atoms with Crippen molar-refractivity contribution < 1.29 is 14.3 Å². The minimum atomic E-state index is -0.373. The van der Waals surface area contributed by atoms with Gasteiger partial charge in [-0.15, -0.1) is 0 Å². The number of carbonyl (C=O) groups excluding carboxylic acids is 1. The highest BCUT2D eigenvalue weighted by Gasteiger charge is 2.11. The number of amides is 1. The lowest BCUT2D eigenvalue weighted by Gasteiger charge is -2.07. The Labute approximate surface area is 176 Å². The van der Waals surface area contributed by atoms with E-state index in [9.17, 15) is 4.79 Å². The van der Waals surface area contributed by atoms with Crippen LogP contribution in [0.25, 0.3) is 11.3 Å². The highest BCUT2D eigenvalue weighted by atomic mass is 16.5. The number of carbonyl (C=O) groups is 1. The van der Waals surface area contributed by atoms with Gasteiger partial charge < -0.3 is 9.47 Å². The van der Waals surface area contributed by atoms with Gasteiger partial charge in [-0.25, -0.2) is 5.43 Å². The molecule has 0 atom stereocenters. The summed E-state index contributed by atoms with van der Waals surface area (Å²) >= 11 is 0. The van der Waals surface area contributed by atoms with Gasteiger partial charge in [0.15, 0.2) is 11.5 Å². The Bertz CT molecular complexity index is 1020. The monoisotopic (exact) mass is 406 g/mol. The van der Waals surface area contributed by atoms with Crippen LogP contribution in [0.3, 0.4) is 0 Å². The van der Waals surface area contributed by atoms with Crippen LogP contribution in [0.4, 0.5) is 0 Å². The molecule has 3 rings (SSSR count). The zero-order chi connectivity index (χ0) is 21.5. The second-order valence-corrected chi connectivity index (χ2v) is 7.28. The first-order valence-electron chi connectivity index (χ1n) is 9.70. The summed E-state index contributed by atoms with van der Waals surface area (Å²) in [6, 6.07) is 15.3. The third-order valence-electron chi connectivity index (χ3n) is 4.50. The number of hydrogen-bond donors (Lipinski definition) is 2. The number of methoxy groups -OCH3 is 2. The molecule has 0 fully saturated rings. The Morgan fingerprint density at radius 1 is 1.10 bits per heavy atom. The van der Waals surface area contributed by atoms with E-state index in [1.165, 1.54) is 11.8 Å². The first-order valence-corrected chi connectivity index (χ1v) is 9.70. The van der Waals surface area contributed by atoms with Gasteiger partial charge in [-0.1, -0.05) is 38.1 Å². The first kappa shape index (κ1) is 21.1. The second-order valence-electron chi connectivity index (χ2n) is 7.28. The number of hydrogen-bond acceptors (Lipinski definition) is 5. The Morgan fingerprint density at radius 3 is 2.50 bits per heavy atom. The van der Waals surface area contributed by atoms with Crippen molar-refractivity contribution in [1.29, 1.82) is 0 Å². The fourth-order valence-electron chi connectivity index (χ4n) is 3.03. The number of nitrogens with zero attached hydrogens (tertiary/aromatic N) is 2. The maximum atomic E-state index is 12.3. The Kier molecular flexibility index (Phi) is 6.85. The molecule has 7 heteroatoms. The molecule has 156 valence electrons. The first-order chi connectivity index (χ1) is 14.5. The molecule has 2 N–H and O–H groups in total. The Balaban J connectivity index is 1.63. The molecular weight excluding hydrogens is 380 g/mol. The van der Waals surface area contributed by atoms with Crippen molar-refractivity contribution in [1.82, 2.24) is 15.6 Å². The minimum Gasteiger partial charge on any atom is -0.493 e. The summed E-state index contributed by atoms with van der Waals surface area (Å²) in [4.78, 5) is 12.3. The summed E-state index contributed by atoms with van der Waals surface area (Å²) < 4.78 is 10.5. The van der Waals surface area contributed by atoms with Crippen LogP contribution in [0, 0.1) is 5.92 Å². The van der Waals surface area contributed by atoms with Gasteiger partial charge in [0.25, 0.3) is 5.91 Å². The van der Waals surface area contributed by atoms with E-state index in [-0.39, 0.29) is 5.91 Å². The summed E-state index contributed by atoms with van der Waals surface area (Å²) in [6.45, 7) is 4.39. The molecule has 0 radical (unpaired) electrons. The molecule has 1 aromatic heterocycles. The maximum absolute atomic E-state index is 12.3. The number of H-pyrrole nitrogens is 1. The molecule has 0 unspecified atom stereocenters. The molecule has 0 aliphatic heterocycles. The minimum absolute atomic E-state index is 0.334. The summed E-state index contributed by atoms with van der Waals surface area (Å²) in [5.41, 5.74) is 6.54. The van der Waals surface area contributed by atoms with E-state index >= 15 is 0 Å². The van der Waals surface area contributed by atoms with Crippen LogP contribution in [0.1, 0.15) is 35.5 Å². The summed E-state index contributed by atoms with van der Waals surface area (Å²) in [7, 11) is 3.14. The van der Waals surface area contributed by atoms with E-state index in [1.807, 2.05) is 18.2 Å². The highest BCUT2D eigenvalue weighted by molar-refractivity contribution is 5.94. The number of rotatable bonds is 8. The Hall–Kier alpha value is -3.61. The lowest BCUT2D eigenvalue weighted by molar-refractivity contribution is 0.0950. The smallest absolute Gasteiger partial charge is 0.289 e. The second kappa shape index (κ2) is 9.73.